The lowest BCUT2D eigenvalue weighted by molar-refractivity contribution is -0.140. The zero-order valence-electron chi connectivity index (χ0n) is 14.4. The van der Waals surface area contributed by atoms with Crippen LogP contribution in [0, 0.1) is 6.92 Å². The largest absolute Gasteiger partial charge is 0.443 e. The van der Waals surface area contributed by atoms with Gasteiger partial charge in [0, 0.05) is 25.0 Å². The summed E-state index contributed by atoms with van der Waals surface area (Å²) in [4.78, 5) is 20.6. The van der Waals surface area contributed by atoms with Gasteiger partial charge in [-0.05, 0) is 39.3 Å². The molecule has 0 atom stereocenters. The molecule has 0 saturated heterocycles. The molecule has 5 nitrogen and oxygen atoms in total. The molecule has 0 bridgehead atoms. The van der Waals surface area contributed by atoms with Gasteiger partial charge in [0.15, 0.2) is 5.69 Å². The van der Waals surface area contributed by atoms with Gasteiger partial charge in [-0.2, -0.15) is 13.2 Å². The first-order chi connectivity index (χ1) is 11.4. The van der Waals surface area contributed by atoms with Gasteiger partial charge in [0.1, 0.15) is 15.6 Å². The molecule has 9 heteroatoms. The Kier molecular flexibility index (Phi) is 5.08. The van der Waals surface area contributed by atoms with E-state index >= 15 is 0 Å². The molecule has 0 unspecified atom stereocenters. The van der Waals surface area contributed by atoms with Crippen molar-refractivity contribution in [3.8, 4) is 10.6 Å². The fraction of sp³-hybridized carbons (Fsp3) is 0.438. The lowest BCUT2D eigenvalue weighted by atomic mass is 10.2. The molecule has 136 valence electrons. The smallest absolute Gasteiger partial charge is 0.436 e. The summed E-state index contributed by atoms with van der Waals surface area (Å²) in [5, 5.41) is -0.188. The Hall–Kier alpha value is -2.16. The summed E-state index contributed by atoms with van der Waals surface area (Å²) >= 11 is 0.765. The fourth-order valence-electron chi connectivity index (χ4n) is 1.93. The topological polar surface area (TPSA) is 55.3 Å². The molecular formula is C16H18F3N3O2S. The Balaban J connectivity index is 2.48. The van der Waals surface area contributed by atoms with Crippen molar-refractivity contribution in [2.75, 3.05) is 11.9 Å². The first kappa shape index (κ1) is 19.2. The molecule has 2 aromatic heterocycles. The van der Waals surface area contributed by atoms with Crippen LogP contribution < -0.4 is 4.90 Å². The number of rotatable bonds is 2. The number of nitrogens with zero attached hydrogens (tertiary/aromatic N) is 3. The average molecular weight is 373 g/mol. The standard InChI is InChI=1S/C16H18F3N3O2S/c1-9-6-10(8-20-7-9)12-21-11(16(17,18)19)13(25-12)22(5)14(23)24-15(2,3)4/h6-8H,1-5H3. The quantitative estimate of drug-likeness (QED) is 0.751. The van der Waals surface area contributed by atoms with E-state index in [2.05, 4.69) is 9.97 Å². The SMILES string of the molecule is Cc1cncc(-c2nc(C(F)(F)F)c(N(C)C(=O)OC(C)(C)C)s2)c1. The highest BCUT2D eigenvalue weighted by Crippen LogP contribution is 2.42. The van der Waals surface area contributed by atoms with Crippen molar-refractivity contribution in [1.29, 1.82) is 0 Å². The predicted octanol–water partition coefficient (Wildman–Crippen LogP) is 4.90. The molecule has 1 amide bonds. The van der Waals surface area contributed by atoms with E-state index in [-0.39, 0.29) is 10.0 Å². The fourth-order valence-corrected chi connectivity index (χ4v) is 2.95. The van der Waals surface area contributed by atoms with Crippen LogP contribution in [-0.4, -0.2) is 28.7 Å². The second-order valence-corrected chi connectivity index (χ2v) is 7.44. The molecule has 0 saturated carbocycles. The minimum Gasteiger partial charge on any atom is -0.443 e. The molecule has 2 rings (SSSR count). The second-order valence-electron chi connectivity index (χ2n) is 6.46. The summed E-state index contributed by atoms with van der Waals surface area (Å²) in [6, 6.07) is 1.68. The number of pyridine rings is 1. The van der Waals surface area contributed by atoms with Gasteiger partial charge in [-0.15, -0.1) is 0 Å². The Morgan fingerprint density at radius 2 is 1.88 bits per heavy atom. The lowest BCUT2D eigenvalue weighted by Crippen LogP contribution is -2.34. The van der Waals surface area contributed by atoms with E-state index in [1.165, 1.54) is 13.2 Å². The number of hydrogen-bond acceptors (Lipinski definition) is 5. The van der Waals surface area contributed by atoms with Crippen LogP contribution in [0.1, 0.15) is 32.0 Å². The number of hydrogen-bond donors (Lipinski definition) is 0. The molecule has 0 aliphatic rings. The Bertz CT molecular complexity index is 782. The van der Waals surface area contributed by atoms with Gasteiger partial charge in [-0.25, -0.2) is 9.78 Å². The number of carbonyl (C=O) groups excluding carboxylic acids is 1. The number of ether oxygens (including phenoxy) is 1. The van der Waals surface area contributed by atoms with Crippen LogP contribution in [0.25, 0.3) is 10.6 Å². The van der Waals surface area contributed by atoms with Crippen LogP contribution >= 0.6 is 11.3 Å². The van der Waals surface area contributed by atoms with Crippen molar-refractivity contribution < 1.29 is 22.7 Å². The molecule has 25 heavy (non-hydrogen) atoms. The van der Waals surface area contributed by atoms with Gasteiger partial charge in [0.05, 0.1) is 0 Å². The molecule has 0 spiro atoms. The highest BCUT2D eigenvalue weighted by atomic mass is 32.1. The Morgan fingerprint density at radius 3 is 2.40 bits per heavy atom. The molecule has 0 fully saturated rings. The van der Waals surface area contributed by atoms with Gasteiger partial charge < -0.3 is 4.74 Å². The minimum absolute atomic E-state index is 0.133. The van der Waals surface area contributed by atoms with Crippen LogP contribution in [0.5, 0.6) is 0 Å². The molecule has 2 heterocycles. The summed E-state index contributed by atoms with van der Waals surface area (Å²) in [6.07, 6.45) is -2.55. The monoisotopic (exact) mass is 373 g/mol. The third kappa shape index (κ3) is 4.68. The second kappa shape index (κ2) is 6.62. The number of aryl methyl sites for hydroxylation is 1. The van der Waals surface area contributed by atoms with Crippen molar-refractivity contribution in [3.63, 3.8) is 0 Å². The highest BCUT2D eigenvalue weighted by Gasteiger charge is 2.40. The van der Waals surface area contributed by atoms with Crippen molar-refractivity contribution in [1.82, 2.24) is 9.97 Å². The normalized spacial score (nSPS) is 12.2. The number of halogens is 3. The summed E-state index contributed by atoms with van der Waals surface area (Å²) in [5.41, 5.74) is -0.692. The maximum Gasteiger partial charge on any atom is 0.436 e. The number of alkyl halides is 3. The van der Waals surface area contributed by atoms with Crippen LogP contribution in [0.15, 0.2) is 18.5 Å². The third-order valence-corrected chi connectivity index (χ3v) is 4.15. The van der Waals surface area contributed by atoms with E-state index in [0.717, 1.165) is 21.8 Å². The summed E-state index contributed by atoms with van der Waals surface area (Å²) in [7, 11) is 1.23. The van der Waals surface area contributed by atoms with Crippen LogP contribution in [-0.2, 0) is 10.9 Å². The number of amides is 1. The molecule has 2 aromatic rings. The first-order valence-electron chi connectivity index (χ1n) is 7.35. The van der Waals surface area contributed by atoms with Crippen LogP contribution in [0.3, 0.4) is 0 Å². The van der Waals surface area contributed by atoms with Gasteiger partial charge in [0.25, 0.3) is 0 Å². The van der Waals surface area contributed by atoms with Crippen molar-refractivity contribution in [2.24, 2.45) is 0 Å². The van der Waals surface area contributed by atoms with E-state index in [0.29, 0.717) is 5.56 Å². The number of carbonyl (C=O) groups is 1. The predicted molar refractivity (Wildman–Crippen MR) is 89.7 cm³/mol. The Labute approximate surface area is 147 Å². The van der Waals surface area contributed by atoms with Crippen molar-refractivity contribution >= 4 is 22.4 Å². The lowest BCUT2D eigenvalue weighted by Gasteiger charge is -2.24. The maximum absolute atomic E-state index is 13.4. The minimum atomic E-state index is -4.70. The highest BCUT2D eigenvalue weighted by molar-refractivity contribution is 7.19. The molecule has 0 aromatic carbocycles. The summed E-state index contributed by atoms with van der Waals surface area (Å²) in [5.74, 6) is 0. The van der Waals surface area contributed by atoms with E-state index in [9.17, 15) is 18.0 Å². The average Bonchev–Trinajstić information content (AvgIpc) is 2.89. The van der Waals surface area contributed by atoms with E-state index in [4.69, 9.17) is 4.74 Å². The van der Waals surface area contributed by atoms with E-state index < -0.39 is 23.6 Å². The van der Waals surface area contributed by atoms with E-state index in [1.54, 1.807) is 40.0 Å². The Morgan fingerprint density at radius 1 is 1.24 bits per heavy atom. The third-order valence-electron chi connectivity index (χ3n) is 2.97. The zero-order chi connectivity index (χ0) is 19.0. The van der Waals surface area contributed by atoms with Gasteiger partial charge >= 0.3 is 12.3 Å². The van der Waals surface area contributed by atoms with Crippen molar-refractivity contribution in [2.45, 2.75) is 39.5 Å². The van der Waals surface area contributed by atoms with Crippen molar-refractivity contribution in [3.05, 3.63) is 29.7 Å². The van der Waals surface area contributed by atoms with E-state index in [1.807, 2.05) is 0 Å². The number of thiazole rings is 1. The molecular weight excluding hydrogens is 355 g/mol. The number of aromatic nitrogens is 2. The van der Waals surface area contributed by atoms with Gasteiger partial charge in [-0.1, -0.05) is 11.3 Å². The van der Waals surface area contributed by atoms with Gasteiger partial charge in [0.2, 0.25) is 0 Å². The first-order valence-corrected chi connectivity index (χ1v) is 8.17. The van der Waals surface area contributed by atoms with Crippen LogP contribution in [0.2, 0.25) is 0 Å². The summed E-state index contributed by atoms with van der Waals surface area (Å²) in [6.45, 7) is 6.70. The zero-order valence-corrected chi connectivity index (χ0v) is 15.2. The van der Waals surface area contributed by atoms with Crippen LogP contribution in [0.4, 0.5) is 23.0 Å². The molecule has 0 aliphatic heterocycles. The maximum atomic E-state index is 13.4. The summed E-state index contributed by atoms with van der Waals surface area (Å²) < 4.78 is 45.2. The molecule has 0 N–H and O–H groups in total. The molecule has 0 radical (unpaired) electrons. The number of anilines is 1. The molecule has 0 aliphatic carbocycles. The van der Waals surface area contributed by atoms with Gasteiger partial charge in [-0.3, -0.25) is 9.88 Å².